The number of rotatable bonds is 5. The summed E-state index contributed by atoms with van der Waals surface area (Å²) < 4.78 is 16.8. The van der Waals surface area contributed by atoms with E-state index in [1.807, 2.05) is 18.2 Å². The molecule has 3 heterocycles. The number of ether oxygens (including phenoxy) is 2. The highest BCUT2D eigenvalue weighted by molar-refractivity contribution is 5.93. The number of carbonyl (C=O) groups is 1. The highest BCUT2D eigenvalue weighted by Crippen LogP contribution is 2.24. The third-order valence-corrected chi connectivity index (χ3v) is 4.96. The maximum Gasteiger partial charge on any atom is 0.290 e. The van der Waals surface area contributed by atoms with E-state index >= 15 is 0 Å². The van der Waals surface area contributed by atoms with Crippen LogP contribution in [-0.2, 0) is 28.9 Å². The van der Waals surface area contributed by atoms with E-state index in [1.54, 1.807) is 6.20 Å². The Labute approximate surface area is 152 Å². The van der Waals surface area contributed by atoms with Gasteiger partial charge in [-0.2, -0.15) is 0 Å². The lowest BCUT2D eigenvalue weighted by atomic mass is 9.95. The van der Waals surface area contributed by atoms with Gasteiger partial charge in [0.15, 0.2) is 0 Å². The van der Waals surface area contributed by atoms with E-state index in [9.17, 15) is 4.79 Å². The summed E-state index contributed by atoms with van der Waals surface area (Å²) in [6, 6.07) is 5.59. The second kappa shape index (κ2) is 7.97. The third-order valence-electron chi connectivity index (χ3n) is 4.96. The van der Waals surface area contributed by atoms with Crippen LogP contribution in [0, 0.1) is 0 Å². The maximum absolute atomic E-state index is 12.7. The number of aryl methyl sites for hydroxylation is 1. The third kappa shape index (κ3) is 3.78. The number of pyridine rings is 1. The molecule has 7 nitrogen and oxygen atoms in total. The van der Waals surface area contributed by atoms with Crippen molar-refractivity contribution in [3.05, 3.63) is 47.1 Å². The quantitative estimate of drug-likeness (QED) is 0.881. The molecule has 1 amide bonds. The van der Waals surface area contributed by atoms with Gasteiger partial charge in [0.05, 0.1) is 30.6 Å². The molecule has 7 heteroatoms. The molecule has 2 atom stereocenters. The average molecular weight is 357 g/mol. The number of carbonyl (C=O) groups excluding carboxylic acids is 1. The first-order chi connectivity index (χ1) is 12.8. The van der Waals surface area contributed by atoms with E-state index in [-0.39, 0.29) is 18.1 Å². The minimum absolute atomic E-state index is 0.121. The topological polar surface area (TPSA) is 86.5 Å². The van der Waals surface area contributed by atoms with Gasteiger partial charge < -0.3 is 19.3 Å². The molecule has 2 aliphatic rings. The minimum atomic E-state index is -0.214. The van der Waals surface area contributed by atoms with Crippen LogP contribution >= 0.6 is 0 Å². The highest BCUT2D eigenvalue weighted by atomic mass is 16.5. The zero-order valence-corrected chi connectivity index (χ0v) is 14.6. The molecule has 2 aromatic rings. The maximum atomic E-state index is 12.7. The number of aromatic nitrogens is 2. The van der Waals surface area contributed by atoms with Gasteiger partial charge in [-0.3, -0.25) is 9.78 Å². The van der Waals surface area contributed by atoms with Gasteiger partial charge in [0.2, 0.25) is 5.76 Å². The van der Waals surface area contributed by atoms with Crippen molar-refractivity contribution in [1.29, 1.82) is 0 Å². The normalized spacial score (nSPS) is 22.6. The van der Waals surface area contributed by atoms with E-state index in [2.05, 4.69) is 15.5 Å². The van der Waals surface area contributed by atoms with E-state index in [1.165, 1.54) is 0 Å². The van der Waals surface area contributed by atoms with Crippen LogP contribution in [0.25, 0.3) is 0 Å². The molecule has 138 valence electrons. The number of fused-ring (bicyclic) bond motifs is 1. The molecule has 1 saturated heterocycles. The van der Waals surface area contributed by atoms with Gasteiger partial charge in [0, 0.05) is 18.4 Å². The first-order valence-electron chi connectivity index (χ1n) is 9.19. The van der Waals surface area contributed by atoms with Gasteiger partial charge in [-0.1, -0.05) is 11.2 Å². The Morgan fingerprint density at radius 3 is 3.12 bits per heavy atom. The monoisotopic (exact) mass is 357 g/mol. The Hall–Kier alpha value is -2.25. The van der Waals surface area contributed by atoms with E-state index < -0.39 is 0 Å². The van der Waals surface area contributed by atoms with Crippen molar-refractivity contribution >= 4 is 5.91 Å². The molecule has 0 radical (unpaired) electrons. The van der Waals surface area contributed by atoms with Crippen molar-refractivity contribution in [2.24, 2.45) is 0 Å². The summed E-state index contributed by atoms with van der Waals surface area (Å²) in [7, 11) is 0. The van der Waals surface area contributed by atoms with Crippen LogP contribution in [0.15, 0.2) is 28.9 Å². The predicted molar refractivity (Wildman–Crippen MR) is 92.6 cm³/mol. The van der Waals surface area contributed by atoms with Gasteiger partial charge in [-0.15, -0.1) is 0 Å². The first kappa shape index (κ1) is 17.2. The van der Waals surface area contributed by atoms with E-state index in [0.29, 0.717) is 32.0 Å². The molecule has 0 aromatic carbocycles. The van der Waals surface area contributed by atoms with Crippen LogP contribution in [-0.4, -0.2) is 41.4 Å². The lowest BCUT2D eigenvalue weighted by molar-refractivity contribution is -0.0744. The van der Waals surface area contributed by atoms with Crippen molar-refractivity contribution in [1.82, 2.24) is 15.5 Å². The average Bonchev–Trinajstić information content (AvgIpc) is 3.12. The lowest BCUT2D eigenvalue weighted by Crippen LogP contribution is -2.50. The zero-order chi connectivity index (χ0) is 17.8. The molecule has 0 saturated carbocycles. The number of nitrogens with one attached hydrogen (secondary N) is 1. The molecular formula is C19H23N3O4. The number of nitrogens with zero attached hydrogens (tertiary/aromatic N) is 2. The van der Waals surface area contributed by atoms with Crippen LogP contribution in [0.3, 0.4) is 0 Å². The molecule has 0 unspecified atom stereocenters. The molecule has 1 aliphatic heterocycles. The summed E-state index contributed by atoms with van der Waals surface area (Å²) in [6.45, 7) is 1.44. The molecule has 2 aromatic heterocycles. The lowest BCUT2D eigenvalue weighted by Gasteiger charge is -2.31. The van der Waals surface area contributed by atoms with Crippen LogP contribution < -0.4 is 5.32 Å². The van der Waals surface area contributed by atoms with Gasteiger partial charge in [0.25, 0.3) is 5.91 Å². The summed E-state index contributed by atoms with van der Waals surface area (Å²) in [4.78, 5) is 17.0. The minimum Gasteiger partial charge on any atom is -0.379 e. The molecule has 26 heavy (non-hydrogen) atoms. The standard InChI is InChI=1S/C19H23N3O4/c23-19(18-14-6-1-2-7-15(14)22-26-18)21-16-8-10-24-12-17(16)25-11-13-5-3-4-9-20-13/h3-5,9,16-17H,1-2,6-8,10-12H2,(H,21,23)/t16-,17-/m1/s1. The molecule has 1 fully saturated rings. The van der Waals surface area contributed by atoms with Crippen molar-refractivity contribution in [3.63, 3.8) is 0 Å². The van der Waals surface area contributed by atoms with Crippen LogP contribution in [0.1, 0.15) is 46.8 Å². The molecule has 0 spiro atoms. The summed E-state index contributed by atoms with van der Waals surface area (Å²) in [5.74, 6) is 0.147. The Bertz CT molecular complexity index is 746. The number of hydrogen-bond acceptors (Lipinski definition) is 6. The molecule has 1 aliphatic carbocycles. The van der Waals surface area contributed by atoms with E-state index in [0.717, 1.165) is 42.6 Å². The second-order valence-corrected chi connectivity index (χ2v) is 6.76. The highest BCUT2D eigenvalue weighted by Gasteiger charge is 2.31. The fourth-order valence-electron chi connectivity index (χ4n) is 3.52. The van der Waals surface area contributed by atoms with Crippen LogP contribution in [0.5, 0.6) is 0 Å². The van der Waals surface area contributed by atoms with Gasteiger partial charge in [-0.05, 0) is 44.2 Å². The Morgan fingerprint density at radius 2 is 2.23 bits per heavy atom. The summed E-state index contributed by atoms with van der Waals surface area (Å²) in [5.41, 5.74) is 2.75. The Morgan fingerprint density at radius 1 is 1.31 bits per heavy atom. The number of amides is 1. The Balaban J connectivity index is 1.40. The van der Waals surface area contributed by atoms with Gasteiger partial charge >= 0.3 is 0 Å². The molecule has 4 rings (SSSR count). The van der Waals surface area contributed by atoms with Crippen LogP contribution in [0.2, 0.25) is 0 Å². The molecule has 1 N–H and O–H groups in total. The largest absolute Gasteiger partial charge is 0.379 e. The number of hydrogen-bond donors (Lipinski definition) is 1. The summed E-state index contributed by atoms with van der Waals surface area (Å²) >= 11 is 0. The smallest absolute Gasteiger partial charge is 0.290 e. The summed E-state index contributed by atoms with van der Waals surface area (Å²) in [6.07, 6.45) is 6.14. The van der Waals surface area contributed by atoms with Crippen molar-refractivity contribution in [2.45, 2.75) is 50.9 Å². The zero-order valence-electron chi connectivity index (χ0n) is 14.6. The van der Waals surface area contributed by atoms with Crippen LogP contribution in [0.4, 0.5) is 0 Å². The predicted octanol–water partition coefficient (Wildman–Crippen LogP) is 2.05. The van der Waals surface area contributed by atoms with Gasteiger partial charge in [0.1, 0.15) is 6.10 Å². The van der Waals surface area contributed by atoms with Gasteiger partial charge in [-0.25, -0.2) is 0 Å². The fraction of sp³-hybridized carbons (Fsp3) is 0.526. The second-order valence-electron chi connectivity index (χ2n) is 6.76. The van der Waals surface area contributed by atoms with E-state index in [4.69, 9.17) is 14.0 Å². The van der Waals surface area contributed by atoms with Crippen molar-refractivity contribution < 1.29 is 18.8 Å². The Kier molecular flexibility index (Phi) is 5.26. The molecular weight excluding hydrogens is 334 g/mol. The van der Waals surface area contributed by atoms with Crippen molar-refractivity contribution in [3.8, 4) is 0 Å². The first-order valence-corrected chi connectivity index (χ1v) is 9.19. The molecule has 0 bridgehead atoms. The fourth-order valence-corrected chi connectivity index (χ4v) is 3.52. The van der Waals surface area contributed by atoms with Crippen molar-refractivity contribution in [2.75, 3.05) is 13.2 Å². The SMILES string of the molecule is O=C(N[C@@H]1CCOC[C@H]1OCc1ccccn1)c1onc2c1CCCC2. The summed E-state index contributed by atoms with van der Waals surface area (Å²) in [5, 5.41) is 7.13.